The topological polar surface area (TPSA) is 97.4 Å². The molecular weight excluding hydrogens is 482 g/mol. The highest BCUT2D eigenvalue weighted by Crippen LogP contribution is 2.48. The molecule has 2 aliphatic rings. The van der Waals surface area contributed by atoms with Gasteiger partial charge in [-0.25, -0.2) is 4.79 Å². The van der Waals surface area contributed by atoms with E-state index in [1.807, 2.05) is 16.1 Å². The number of nitrogens with zero attached hydrogens (tertiary/aromatic N) is 2. The average Bonchev–Trinajstić information content (AvgIpc) is 3.23. The summed E-state index contributed by atoms with van der Waals surface area (Å²) in [4.78, 5) is 30.6. The number of anilines is 2. The van der Waals surface area contributed by atoms with E-state index in [2.05, 4.69) is 26.2 Å². The zero-order valence-electron chi connectivity index (χ0n) is 15.9. The molecule has 1 atom stereocenters. The number of phenolic OH excluding ortho intramolecular Hbond substituents is 1. The lowest BCUT2D eigenvalue weighted by Crippen LogP contribution is -2.31. The van der Waals surface area contributed by atoms with Crippen LogP contribution in [0.3, 0.4) is 0 Å². The zero-order chi connectivity index (χ0) is 21.3. The Bertz CT molecular complexity index is 1530. The summed E-state index contributed by atoms with van der Waals surface area (Å²) in [6, 6.07) is 12.2. The SMILES string of the molecule is O=c1nc2n(c3c1C(c1cc(Br)ccc1O)c1c(c4ccccc4oc1=O)N3)SCC2. The molecule has 2 aromatic heterocycles. The minimum atomic E-state index is -0.830. The number of rotatable bonds is 1. The Morgan fingerprint density at radius 3 is 2.90 bits per heavy atom. The second-order valence-corrected chi connectivity index (χ2v) is 9.36. The highest BCUT2D eigenvalue weighted by atomic mass is 79.9. The number of fused-ring (bicyclic) bond motifs is 6. The fraction of sp³-hybridized carbons (Fsp3) is 0.136. The lowest BCUT2D eigenvalue weighted by molar-refractivity contribution is 0.465. The van der Waals surface area contributed by atoms with Crippen molar-refractivity contribution in [3.05, 3.63) is 90.2 Å². The van der Waals surface area contributed by atoms with Gasteiger partial charge >= 0.3 is 5.63 Å². The van der Waals surface area contributed by atoms with Crippen molar-refractivity contribution in [3.8, 4) is 5.75 Å². The van der Waals surface area contributed by atoms with Crippen molar-refractivity contribution in [1.29, 1.82) is 0 Å². The van der Waals surface area contributed by atoms with Crippen LogP contribution >= 0.6 is 27.9 Å². The van der Waals surface area contributed by atoms with E-state index in [9.17, 15) is 14.7 Å². The van der Waals surface area contributed by atoms with Crippen molar-refractivity contribution in [3.63, 3.8) is 0 Å². The molecule has 0 fully saturated rings. The maximum Gasteiger partial charge on any atom is 0.342 e. The molecule has 6 rings (SSSR count). The Hall–Kier alpha value is -3.04. The molecule has 4 aromatic rings. The van der Waals surface area contributed by atoms with Crippen molar-refractivity contribution in [2.75, 3.05) is 11.1 Å². The predicted molar refractivity (Wildman–Crippen MR) is 123 cm³/mol. The minimum absolute atomic E-state index is 0.0166. The van der Waals surface area contributed by atoms with Crippen LogP contribution in [0.1, 0.15) is 28.4 Å². The second-order valence-electron chi connectivity index (χ2n) is 7.41. The van der Waals surface area contributed by atoms with Gasteiger partial charge in [-0.05, 0) is 42.3 Å². The number of halogens is 1. The van der Waals surface area contributed by atoms with Gasteiger partial charge in [-0.2, -0.15) is 4.98 Å². The highest BCUT2D eigenvalue weighted by molar-refractivity contribution is 9.10. The molecule has 9 heteroatoms. The quantitative estimate of drug-likeness (QED) is 0.337. The third kappa shape index (κ3) is 2.69. The first-order valence-electron chi connectivity index (χ1n) is 9.63. The van der Waals surface area contributed by atoms with E-state index >= 15 is 0 Å². The Morgan fingerprint density at radius 1 is 1.19 bits per heavy atom. The number of phenols is 1. The summed E-state index contributed by atoms with van der Waals surface area (Å²) in [7, 11) is 0. The fourth-order valence-electron chi connectivity index (χ4n) is 4.36. The summed E-state index contributed by atoms with van der Waals surface area (Å²) >= 11 is 5.00. The van der Waals surface area contributed by atoms with Gasteiger partial charge in [0.1, 0.15) is 23.0 Å². The van der Waals surface area contributed by atoms with Crippen LogP contribution < -0.4 is 16.5 Å². The van der Waals surface area contributed by atoms with Gasteiger partial charge in [0.2, 0.25) is 0 Å². The first-order valence-corrected chi connectivity index (χ1v) is 11.4. The first kappa shape index (κ1) is 18.7. The minimum Gasteiger partial charge on any atom is -0.508 e. The monoisotopic (exact) mass is 495 g/mol. The van der Waals surface area contributed by atoms with Gasteiger partial charge in [-0.1, -0.05) is 28.1 Å². The van der Waals surface area contributed by atoms with Crippen LogP contribution in [0, 0.1) is 0 Å². The summed E-state index contributed by atoms with van der Waals surface area (Å²) in [5.74, 6) is 1.24. The van der Waals surface area contributed by atoms with Crippen molar-refractivity contribution >= 4 is 50.4 Å². The molecule has 0 bridgehead atoms. The van der Waals surface area contributed by atoms with E-state index < -0.39 is 17.1 Å². The third-order valence-corrected chi connectivity index (χ3v) is 7.20. The van der Waals surface area contributed by atoms with Crippen molar-refractivity contribution < 1.29 is 9.52 Å². The fourth-order valence-corrected chi connectivity index (χ4v) is 5.75. The number of nitrogens with one attached hydrogen (secondary N) is 1. The van der Waals surface area contributed by atoms with Gasteiger partial charge in [0.15, 0.2) is 0 Å². The molecular formula is C22H14BrN3O4S. The Balaban J connectivity index is 1.78. The van der Waals surface area contributed by atoms with Crippen LogP contribution in [-0.4, -0.2) is 19.8 Å². The van der Waals surface area contributed by atoms with E-state index in [0.29, 0.717) is 40.5 Å². The largest absolute Gasteiger partial charge is 0.508 e. The molecule has 7 nitrogen and oxygen atoms in total. The van der Waals surface area contributed by atoms with Crippen LogP contribution in [0.5, 0.6) is 5.75 Å². The molecule has 0 amide bonds. The van der Waals surface area contributed by atoms with Gasteiger partial charge in [-0.3, -0.25) is 8.77 Å². The molecule has 4 heterocycles. The van der Waals surface area contributed by atoms with Crippen molar-refractivity contribution in [1.82, 2.24) is 8.96 Å². The average molecular weight is 496 g/mol. The molecule has 0 aliphatic carbocycles. The summed E-state index contributed by atoms with van der Waals surface area (Å²) in [6.07, 6.45) is 0.687. The van der Waals surface area contributed by atoms with E-state index in [1.54, 1.807) is 36.2 Å². The summed E-state index contributed by atoms with van der Waals surface area (Å²) < 4.78 is 8.25. The van der Waals surface area contributed by atoms with Gasteiger partial charge in [0, 0.05) is 27.6 Å². The Morgan fingerprint density at radius 2 is 2.03 bits per heavy atom. The van der Waals surface area contributed by atoms with E-state index in [4.69, 9.17) is 4.42 Å². The van der Waals surface area contributed by atoms with Crippen LogP contribution in [0.2, 0.25) is 0 Å². The molecule has 2 aromatic carbocycles. The maximum absolute atomic E-state index is 13.2. The number of aromatic hydroxyl groups is 1. The molecule has 0 radical (unpaired) electrons. The van der Waals surface area contributed by atoms with Gasteiger partial charge in [0.05, 0.1) is 22.7 Å². The molecule has 1 unspecified atom stereocenters. The Kier molecular flexibility index (Phi) is 4.06. The second kappa shape index (κ2) is 6.73. The number of aryl methyl sites for hydroxylation is 1. The molecule has 0 saturated heterocycles. The Labute approximate surface area is 188 Å². The number of benzene rings is 2. The van der Waals surface area contributed by atoms with Crippen molar-refractivity contribution in [2.45, 2.75) is 12.3 Å². The number of hydrogen-bond donors (Lipinski definition) is 2. The summed E-state index contributed by atoms with van der Waals surface area (Å²) in [6.45, 7) is 0. The molecule has 0 spiro atoms. The van der Waals surface area contributed by atoms with E-state index in [-0.39, 0.29) is 11.3 Å². The molecule has 154 valence electrons. The lowest BCUT2D eigenvalue weighted by atomic mass is 9.82. The summed E-state index contributed by atoms with van der Waals surface area (Å²) in [5.41, 5.74) is 1.08. The zero-order valence-corrected chi connectivity index (χ0v) is 18.3. The normalized spacial score (nSPS) is 16.5. The van der Waals surface area contributed by atoms with E-state index in [1.165, 1.54) is 6.07 Å². The lowest BCUT2D eigenvalue weighted by Gasteiger charge is -2.30. The van der Waals surface area contributed by atoms with Crippen LogP contribution in [-0.2, 0) is 6.42 Å². The van der Waals surface area contributed by atoms with Gasteiger partial charge < -0.3 is 14.8 Å². The number of hydrogen-bond acceptors (Lipinski definition) is 7. The van der Waals surface area contributed by atoms with E-state index in [0.717, 1.165) is 15.6 Å². The molecule has 2 N–H and O–H groups in total. The van der Waals surface area contributed by atoms with Crippen molar-refractivity contribution in [2.24, 2.45) is 0 Å². The molecule has 31 heavy (non-hydrogen) atoms. The molecule has 0 saturated carbocycles. The van der Waals surface area contributed by atoms with Crippen LogP contribution in [0.25, 0.3) is 11.0 Å². The highest BCUT2D eigenvalue weighted by Gasteiger charge is 2.38. The predicted octanol–water partition coefficient (Wildman–Crippen LogP) is 4.11. The molecule has 2 aliphatic heterocycles. The van der Waals surface area contributed by atoms with Gasteiger partial charge in [0.25, 0.3) is 5.56 Å². The first-order chi connectivity index (χ1) is 15.0. The van der Waals surface area contributed by atoms with Crippen LogP contribution in [0.4, 0.5) is 11.5 Å². The maximum atomic E-state index is 13.2. The summed E-state index contributed by atoms with van der Waals surface area (Å²) in [5, 5.41) is 14.8. The number of para-hydroxylation sites is 1. The van der Waals surface area contributed by atoms with Gasteiger partial charge in [-0.15, -0.1) is 0 Å². The standard InChI is InChI=1S/C22H14BrN3O4S/c23-10-5-6-13(27)12(9-10)16-17-19(11-3-1-2-4-14(11)30-22(17)29)25-20-18(16)21(28)24-15-7-8-31-26(15)20/h1-6,9,16,25,27H,7-8H2. The third-order valence-electron chi connectivity index (χ3n) is 5.67. The smallest absolute Gasteiger partial charge is 0.342 e. The number of aromatic nitrogens is 2. The van der Waals surface area contributed by atoms with Crippen LogP contribution in [0.15, 0.2) is 60.9 Å².